The number of aromatic nitrogens is 3. The number of aryl methyl sites for hydroxylation is 1. The molecule has 0 aliphatic carbocycles. The number of hydrogen-bond donors (Lipinski definition) is 0. The number of carbonyl (C=O) groups excluding carboxylic acids is 1. The van der Waals surface area contributed by atoms with Crippen molar-refractivity contribution in [2.45, 2.75) is 17.3 Å². The summed E-state index contributed by atoms with van der Waals surface area (Å²) in [6.07, 6.45) is 1.61. The van der Waals surface area contributed by atoms with Crippen molar-refractivity contribution in [3.05, 3.63) is 41.2 Å². The van der Waals surface area contributed by atoms with Gasteiger partial charge in [-0.05, 0) is 19.1 Å². The third-order valence-electron chi connectivity index (χ3n) is 2.43. The van der Waals surface area contributed by atoms with Crippen molar-refractivity contribution < 1.29 is 4.79 Å². The molecule has 0 radical (unpaired) electrons. The number of thioether (sulfide) groups is 1. The molecule has 1 aromatic heterocycles. The highest BCUT2D eigenvalue weighted by Crippen LogP contribution is 2.24. The van der Waals surface area contributed by atoms with Crippen LogP contribution >= 0.6 is 23.4 Å². The maximum atomic E-state index is 12.2. The molecule has 0 amide bonds. The van der Waals surface area contributed by atoms with Crippen LogP contribution in [0.2, 0.25) is 5.02 Å². The molecule has 18 heavy (non-hydrogen) atoms. The first-order valence-electron chi connectivity index (χ1n) is 5.38. The van der Waals surface area contributed by atoms with E-state index in [4.69, 9.17) is 11.6 Å². The largest absolute Gasteiger partial charge is 0.312 e. The topological polar surface area (TPSA) is 47.8 Å². The molecule has 0 bridgehead atoms. The van der Waals surface area contributed by atoms with Gasteiger partial charge in [-0.1, -0.05) is 35.5 Å². The summed E-state index contributed by atoms with van der Waals surface area (Å²) in [5.41, 5.74) is 0.615. The molecule has 0 fully saturated rings. The molecule has 0 aliphatic rings. The van der Waals surface area contributed by atoms with Crippen LogP contribution in [0.3, 0.4) is 0 Å². The van der Waals surface area contributed by atoms with Gasteiger partial charge in [-0.25, -0.2) is 0 Å². The Morgan fingerprint density at radius 1 is 1.50 bits per heavy atom. The first-order valence-corrected chi connectivity index (χ1v) is 6.64. The second-order valence-corrected chi connectivity index (χ2v) is 5.60. The molecule has 0 N–H and O–H groups in total. The van der Waals surface area contributed by atoms with Gasteiger partial charge in [0, 0.05) is 17.6 Å². The van der Waals surface area contributed by atoms with Crippen molar-refractivity contribution in [3.63, 3.8) is 0 Å². The zero-order valence-corrected chi connectivity index (χ0v) is 11.6. The average molecular weight is 282 g/mol. The summed E-state index contributed by atoms with van der Waals surface area (Å²) in [7, 11) is 1.85. The summed E-state index contributed by atoms with van der Waals surface area (Å²) in [6, 6.07) is 6.97. The van der Waals surface area contributed by atoms with Gasteiger partial charge in [-0.3, -0.25) is 4.79 Å². The van der Waals surface area contributed by atoms with E-state index < -0.39 is 0 Å². The normalized spacial score (nSPS) is 12.4. The maximum Gasteiger partial charge on any atom is 0.191 e. The van der Waals surface area contributed by atoms with E-state index in [-0.39, 0.29) is 11.0 Å². The lowest BCUT2D eigenvalue weighted by Gasteiger charge is -2.09. The van der Waals surface area contributed by atoms with Crippen molar-refractivity contribution in [1.29, 1.82) is 0 Å². The Morgan fingerprint density at radius 3 is 2.89 bits per heavy atom. The van der Waals surface area contributed by atoms with E-state index in [2.05, 4.69) is 10.2 Å². The van der Waals surface area contributed by atoms with Gasteiger partial charge >= 0.3 is 0 Å². The molecular weight excluding hydrogens is 270 g/mol. The number of hydrogen-bond acceptors (Lipinski definition) is 4. The highest BCUT2D eigenvalue weighted by molar-refractivity contribution is 8.00. The summed E-state index contributed by atoms with van der Waals surface area (Å²) in [4.78, 5) is 12.2. The lowest BCUT2D eigenvalue weighted by Crippen LogP contribution is -2.14. The number of ketones is 1. The van der Waals surface area contributed by atoms with Gasteiger partial charge < -0.3 is 4.57 Å². The Morgan fingerprint density at radius 2 is 2.28 bits per heavy atom. The second kappa shape index (κ2) is 5.54. The third kappa shape index (κ3) is 2.91. The Bertz CT molecular complexity index is 570. The molecule has 2 rings (SSSR count). The van der Waals surface area contributed by atoms with Crippen LogP contribution in [-0.2, 0) is 7.05 Å². The van der Waals surface area contributed by atoms with Crippen molar-refractivity contribution in [2.24, 2.45) is 7.05 Å². The Balaban J connectivity index is 2.12. The zero-order chi connectivity index (χ0) is 13.1. The molecule has 1 aromatic carbocycles. The number of benzene rings is 1. The van der Waals surface area contributed by atoms with Gasteiger partial charge in [0.05, 0.1) is 5.25 Å². The Kier molecular flexibility index (Phi) is 4.04. The highest BCUT2D eigenvalue weighted by atomic mass is 35.5. The SMILES string of the molecule is CC(Sc1nncn1C)C(=O)c1cccc(Cl)c1. The van der Waals surface area contributed by atoms with E-state index in [1.165, 1.54) is 11.8 Å². The van der Waals surface area contributed by atoms with Gasteiger partial charge in [0.15, 0.2) is 10.9 Å². The maximum absolute atomic E-state index is 12.2. The van der Waals surface area contributed by atoms with E-state index in [0.29, 0.717) is 10.6 Å². The van der Waals surface area contributed by atoms with Gasteiger partial charge in [0.25, 0.3) is 0 Å². The average Bonchev–Trinajstić information content (AvgIpc) is 2.74. The zero-order valence-electron chi connectivity index (χ0n) is 10.0. The molecule has 0 saturated heterocycles. The third-order valence-corrected chi connectivity index (χ3v) is 3.81. The van der Waals surface area contributed by atoms with Crippen LogP contribution in [0.15, 0.2) is 35.7 Å². The fourth-order valence-electron chi connectivity index (χ4n) is 1.47. The summed E-state index contributed by atoms with van der Waals surface area (Å²) >= 11 is 7.26. The molecule has 0 saturated carbocycles. The molecular formula is C12H12ClN3OS. The summed E-state index contributed by atoms with van der Waals surface area (Å²) in [6.45, 7) is 1.85. The molecule has 1 unspecified atom stereocenters. The number of carbonyl (C=O) groups is 1. The first-order chi connectivity index (χ1) is 8.58. The minimum atomic E-state index is -0.230. The number of nitrogens with zero attached hydrogens (tertiary/aromatic N) is 3. The van der Waals surface area contributed by atoms with E-state index >= 15 is 0 Å². The fraction of sp³-hybridized carbons (Fsp3) is 0.250. The summed E-state index contributed by atoms with van der Waals surface area (Å²) in [5.74, 6) is 0.0329. The minimum Gasteiger partial charge on any atom is -0.312 e. The predicted molar refractivity (Wildman–Crippen MR) is 72.1 cm³/mol. The molecule has 6 heteroatoms. The number of rotatable bonds is 4. The van der Waals surface area contributed by atoms with Crippen LogP contribution in [0, 0.1) is 0 Å². The van der Waals surface area contributed by atoms with E-state index in [1.807, 2.05) is 14.0 Å². The first kappa shape index (κ1) is 13.1. The number of Topliss-reactive ketones (excluding diaryl/α,β-unsaturated/α-hetero) is 1. The van der Waals surface area contributed by atoms with Gasteiger partial charge in [0.2, 0.25) is 0 Å². The van der Waals surface area contributed by atoms with Crippen molar-refractivity contribution in [1.82, 2.24) is 14.8 Å². The van der Waals surface area contributed by atoms with E-state index in [9.17, 15) is 4.79 Å². The van der Waals surface area contributed by atoms with E-state index in [1.54, 1.807) is 35.2 Å². The van der Waals surface area contributed by atoms with Crippen LogP contribution in [0.1, 0.15) is 17.3 Å². The van der Waals surface area contributed by atoms with Gasteiger partial charge in [-0.15, -0.1) is 10.2 Å². The minimum absolute atomic E-state index is 0.0329. The predicted octanol–water partition coefficient (Wildman–Crippen LogP) is 2.83. The molecule has 94 valence electrons. The van der Waals surface area contributed by atoms with E-state index in [0.717, 1.165) is 5.16 Å². The highest BCUT2D eigenvalue weighted by Gasteiger charge is 2.18. The van der Waals surface area contributed by atoms with Crippen LogP contribution in [0.5, 0.6) is 0 Å². The Hall–Kier alpha value is -1.33. The number of halogens is 1. The molecule has 1 heterocycles. The van der Waals surface area contributed by atoms with Crippen molar-refractivity contribution in [3.8, 4) is 0 Å². The molecule has 2 aromatic rings. The summed E-state index contributed by atoms with van der Waals surface area (Å²) < 4.78 is 1.78. The summed E-state index contributed by atoms with van der Waals surface area (Å²) in [5, 5.41) is 8.78. The van der Waals surface area contributed by atoms with Crippen molar-refractivity contribution >= 4 is 29.1 Å². The lowest BCUT2D eigenvalue weighted by molar-refractivity contribution is 0.0994. The van der Waals surface area contributed by atoms with Gasteiger partial charge in [0.1, 0.15) is 6.33 Å². The standard InChI is InChI=1S/C12H12ClN3OS/c1-8(18-12-15-14-7-16(12)2)11(17)9-4-3-5-10(13)6-9/h3-8H,1-2H3. The molecule has 0 spiro atoms. The monoisotopic (exact) mass is 281 g/mol. The van der Waals surface area contributed by atoms with Crippen LogP contribution in [0.4, 0.5) is 0 Å². The molecule has 1 atom stereocenters. The lowest BCUT2D eigenvalue weighted by atomic mass is 10.1. The smallest absolute Gasteiger partial charge is 0.191 e. The van der Waals surface area contributed by atoms with Gasteiger partial charge in [-0.2, -0.15) is 0 Å². The quantitative estimate of drug-likeness (QED) is 0.639. The van der Waals surface area contributed by atoms with Crippen LogP contribution < -0.4 is 0 Å². The van der Waals surface area contributed by atoms with Crippen LogP contribution in [0.25, 0.3) is 0 Å². The molecule has 0 aliphatic heterocycles. The van der Waals surface area contributed by atoms with Crippen LogP contribution in [-0.4, -0.2) is 25.8 Å². The fourth-order valence-corrected chi connectivity index (χ4v) is 2.52. The Labute approximate surface area is 114 Å². The second-order valence-electron chi connectivity index (χ2n) is 3.86. The van der Waals surface area contributed by atoms with Crippen molar-refractivity contribution in [2.75, 3.05) is 0 Å². The molecule has 4 nitrogen and oxygen atoms in total.